The number of rotatable bonds is 10. The minimum Gasteiger partial charge on any atom is -0.497 e. The molecule has 0 aliphatic rings. The van der Waals surface area contributed by atoms with E-state index in [0.717, 1.165) is 55.9 Å². The summed E-state index contributed by atoms with van der Waals surface area (Å²) < 4.78 is 11.0. The minimum atomic E-state index is -1.48. The van der Waals surface area contributed by atoms with Crippen molar-refractivity contribution >= 4 is 22.1 Å². The van der Waals surface area contributed by atoms with E-state index in [9.17, 15) is 5.11 Å². The maximum absolute atomic E-state index is 13.2. The van der Waals surface area contributed by atoms with Gasteiger partial charge in [-0.1, -0.05) is 84.9 Å². The quantitative estimate of drug-likeness (QED) is 0.155. The molecule has 0 aliphatic heterocycles. The Bertz CT molecular complexity index is 1840. The van der Waals surface area contributed by atoms with E-state index in [-0.39, 0.29) is 5.92 Å². The van der Waals surface area contributed by atoms with Gasteiger partial charge in [0, 0.05) is 51.0 Å². The van der Waals surface area contributed by atoms with Crippen molar-refractivity contribution in [3.63, 3.8) is 0 Å². The van der Waals surface area contributed by atoms with Crippen LogP contribution in [0.25, 0.3) is 10.8 Å². The number of nitrogens with zero attached hydrogens (tertiary/aromatic N) is 2. The van der Waals surface area contributed by atoms with E-state index in [1.54, 1.807) is 14.2 Å². The van der Waals surface area contributed by atoms with Gasteiger partial charge in [0.1, 0.15) is 17.1 Å². The number of aliphatic hydroxyl groups is 1. The molecule has 0 atom stereocenters. The van der Waals surface area contributed by atoms with Crippen LogP contribution in [0, 0.1) is 0 Å². The molecule has 6 aromatic rings. The summed E-state index contributed by atoms with van der Waals surface area (Å²) in [6, 6.07) is 45.7. The van der Waals surface area contributed by atoms with Crippen molar-refractivity contribution in [1.82, 2.24) is 0 Å². The lowest BCUT2D eigenvalue weighted by Crippen LogP contribution is -2.29. The van der Waals surface area contributed by atoms with Gasteiger partial charge in [-0.2, -0.15) is 0 Å². The summed E-state index contributed by atoms with van der Waals surface area (Å²) in [5.74, 6) is 1.36. The number of methoxy groups -OCH3 is 2. The van der Waals surface area contributed by atoms with E-state index in [1.165, 1.54) is 11.1 Å². The predicted molar refractivity (Wildman–Crippen MR) is 195 cm³/mol. The lowest BCUT2D eigenvalue weighted by molar-refractivity contribution is 0.127. The average Bonchev–Trinajstić information content (AvgIpc) is 3.11. The Hall–Kier alpha value is -5.26. The second kappa shape index (κ2) is 13.2. The third kappa shape index (κ3) is 6.02. The molecule has 0 fully saturated rings. The number of hydrogen-bond acceptors (Lipinski definition) is 5. The smallest absolute Gasteiger partial charge is 0.141 e. The summed E-state index contributed by atoms with van der Waals surface area (Å²) in [7, 11) is 11.5. The normalized spacial score (nSPS) is 11.5. The molecule has 0 saturated carbocycles. The zero-order valence-electron chi connectivity index (χ0n) is 27.9. The van der Waals surface area contributed by atoms with E-state index >= 15 is 0 Å². The zero-order chi connectivity index (χ0) is 33.1. The van der Waals surface area contributed by atoms with Gasteiger partial charge >= 0.3 is 0 Å². The molecule has 0 unspecified atom stereocenters. The topological polar surface area (TPSA) is 45.2 Å². The molecule has 238 valence electrons. The van der Waals surface area contributed by atoms with Gasteiger partial charge in [0.2, 0.25) is 0 Å². The molecule has 0 aliphatic carbocycles. The Morgan fingerprint density at radius 3 is 1.36 bits per heavy atom. The van der Waals surface area contributed by atoms with Gasteiger partial charge in [0.05, 0.1) is 14.2 Å². The molecular formula is C42H42N2O3. The molecule has 47 heavy (non-hydrogen) atoms. The fourth-order valence-corrected chi connectivity index (χ4v) is 6.54. The summed E-state index contributed by atoms with van der Waals surface area (Å²) in [6.45, 7) is 0. The highest BCUT2D eigenvalue weighted by atomic mass is 16.5. The van der Waals surface area contributed by atoms with E-state index in [2.05, 4.69) is 117 Å². The maximum Gasteiger partial charge on any atom is 0.141 e. The molecule has 0 heterocycles. The van der Waals surface area contributed by atoms with Crippen molar-refractivity contribution in [2.45, 2.75) is 11.5 Å². The zero-order valence-corrected chi connectivity index (χ0v) is 27.9. The Morgan fingerprint density at radius 1 is 0.532 bits per heavy atom. The fourth-order valence-electron chi connectivity index (χ4n) is 6.54. The van der Waals surface area contributed by atoms with Crippen molar-refractivity contribution in [2.24, 2.45) is 0 Å². The monoisotopic (exact) mass is 622 g/mol. The third-order valence-corrected chi connectivity index (χ3v) is 9.14. The van der Waals surface area contributed by atoms with E-state index in [0.29, 0.717) is 0 Å². The largest absolute Gasteiger partial charge is 0.497 e. The Morgan fingerprint density at radius 2 is 0.957 bits per heavy atom. The van der Waals surface area contributed by atoms with Crippen LogP contribution >= 0.6 is 0 Å². The number of anilines is 2. The van der Waals surface area contributed by atoms with Crippen molar-refractivity contribution in [3.05, 3.63) is 167 Å². The van der Waals surface area contributed by atoms with Crippen LogP contribution in [0.4, 0.5) is 11.4 Å². The van der Waals surface area contributed by atoms with E-state index < -0.39 is 5.60 Å². The fraction of sp³-hybridized carbons (Fsp3) is 0.190. The van der Waals surface area contributed by atoms with Gasteiger partial charge in [-0.15, -0.1) is 0 Å². The SMILES string of the molecule is COc1ccc(C(O)(c2ccc(OC)cc2)c2cccc3cccc(C(c4ccc(N(C)C)cc4)c4ccc(N(C)C)cc4)c23)cc1. The Kier molecular flexibility index (Phi) is 8.93. The minimum absolute atomic E-state index is 0.0942. The van der Waals surface area contributed by atoms with Crippen molar-refractivity contribution in [1.29, 1.82) is 0 Å². The highest BCUT2D eigenvalue weighted by molar-refractivity contribution is 5.92. The van der Waals surface area contributed by atoms with Gasteiger partial charge in [-0.05, 0) is 87.1 Å². The number of ether oxygens (including phenoxy) is 2. The standard InChI is InChI=1S/C42H42N2O3/c1-43(2)34-21-13-30(14-22-34)40(31-15-23-35(24-16-31)44(3)4)38-11-7-9-29-10-8-12-39(41(29)38)42(45,32-17-25-36(46-5)26-18-32)33-19-27-37(47-6)28-20-33/h7-28,40,45H,1-6H3. The van der Waals surface area contributed by atoms with Crippen molar-refractivity contribution < 1.29 is 14.6 Å². The third-order valence-electron chi connectivity index (χ3n) is 9.14. The molecule has 6 rings (SSSR count). The van der Waals surface area contributed by atoms with E-state index in [1.807, 2.05) is 54.6 Å². The molecule has 0 aromatic heterocycles. The van der Waals surface area contributed by atoms with Gasteiger partial charge in [0.25, 0.3) is 0 Å². The Balaban J connectivity index is 1.65. The first-order valence-electron chi connectivity index (χ1n) is 15.8. The van der Waals surface area contributed by atoms with Gasteiger partial charge in [-0.25, -0.2) is 0 Å². The molecule has 5 heteroatoms. The molecule has 1 N–H and O–H groups in total. The van der Waals surface area contributed by atoms with Crippen LogP contribution in [0.15, 0.2) is 133 Å². The average molecular weight is 623 g/mol. The molecular weight excluding hydrogens is 580 g/mol. The van der Waals surface area contributed by atoms with Gasteiger partial charge in [0.15, 0.2) is 0 Å². The lowest BCUT2D eigenvalue weighted by atomic mass is 9.75. The van der Waals surface area contributed by atoms with E-state index in [4.69, 9.17) is 9.47 Å². The Labute approximate surface area is 278 Å². The van der Waals surface area contributed by atoms with Gasteiger partial charge < -0.3 is 24.4 Å². The first-order valence-corrected chi connectivity index (χ1v) is 15.8. The summed E-state index contributed by atoms with van der Waals surface area (Å²) in [5.41, 5.74) is 6.56. The van der Waals surface area contributed by atoms with Gasteiger partial charge in [-0.3, -0.25) is 0 Å². The first-order chi connectivity index (χ1) is 22.7. The second-order valence-corrected chi connectivity index (χ2v) is 12.3. The lowest BCUT2D eigenvalue weighted by Gasteiger charge is -2.33. The van der Waals surface area contributed by atoms with Crippen LogP contribution in [0.5, 0.6) is 11.5 Å². The van der Waals surface area contributed by atoms with Crippen LogP contribution < -0.4 is 19.3 Å². The van der Waals surface area contributed by atoms with Crippen molar-refractivity contribution in [3.8, 4) is 11.5 Å². The first kappa shape index (κ1) is 31.7. The molecule has 0 spiro atoms. The summed E-state index contributed by atoms with van der Waals surface area (Å²) in [6.07, 6.45) is 0. The molecule has 0 amide bonds. The molecule has 5 nitrogen and oxygen atoms in total. The summed E-state index contributed by atoms with van der Waals surface area (Å²) >= 11 is 0. The maximum atomic E-state index is 13.2. The van der Waals surface area contributed by atoms with Crippen LogP contribution in [0.3, 0.4) is 0 Å². The van der Waals surface area contributed by atoms with Crippen LogP contribution in [0.1, 0.15) is 39.3 Å². The predicted octanol–water partition coefficient (Wildman–Crippen LogP) is 8.45. The molecule has 0 radical (unpaired) electrons. The number of benzene rings is 6. The van der Waals surface area contributed by atoms with Crippen LogP contribution in [-0.2, 0) is 5.60 Å². The molecule has 6 aromatic carbocycles. The van der Waals surface area contributed by atoms with Crippen LogP contribution in [-0.4, -0.2) is 47.5 Å². The molecule has 0 bridgehead atoms. The number of hydrogen-bond donors (Lipinski definition) is 1. The summed E-state index contributed by atoms with van der Waals surface area (Å²) in [5, 5.41) is 15.3. The highest BCUT2D eigenvalue weighted by Gasteiger charge is 2.37. The van der Waals surface area contributed by atoms with Crippen LogP contribution in [0.2, 0.25) is 0 Å². The van der Waals surface area contributed by atoms with Crippen molar-refractivity contribution in [2.75, 3.05) is 52.2 Å². The molecule has 0 saturated heterocycles. The second-order valence-electron chi connectivity index (χ2n) is 12.3. The number of fused-ring (bicyclic) bond motifs is 1. The summed E-state index contributed by atoms with van der Waals surface area (Å²) in [4.78, 5) is 4.23. The highest BCUT2D eigenvalue weighted by Crippen LogP contribution is 2.45.